The van der Waals surface area contributed by atoms with Gasteiger partial charge in [0.15, 0.2) is 0 Å². The van der Waals surface area contributed by atoms with Crippen molar-refractivity contribution in [1.82, 2.24) is 5.32 Å². The molecular formula is C16H15F3N2O3S. The highest BCUT2D eigenvalue weighted by molar-refractivity contribution is 7.92. The van der Waals surface area contributed by atoms with Gasteiger partial charge in [-0.05, 0) is 48.4 Å². The molecule has 0 bridgehead atoms. The molecule has 0 saturated carbocycles. The lowest BCUT2D eigenvalue weighted by atomic mass is 10.1. The van der Waals surface area contributed by atoms with Crippen LogP contribution in [0.3, 0.4) is 0 Å². The predicted molar refractivity (Wildman–Crippen MR) is 87.3 cm³/mol. The molecule has 2 aromatic carbocycles. The number of carbonyl (C=O) groups excluding carboxylic acids is 1. The zero-order chi connectivity index (χ0) is 18.6. The Labute approximate surface area is 142 Å². The normalized spacial score (nSPS) is 11.2. The molecule has 0 spiro atoms. The first-order valence-electron chi connectivity index (χ1n) is 7.15. The lowest BCUT2D eigenvalue weighted by molar-refractivity contribution is 0.0954. The number of sulfonamides is 1. The number of hydrogen-bond donors (Lipinski definition) is 2. The third-order valence-electron chi connectivity index (χ3n) is 3.21. The summed E-state index contributed by atoms with van der Waals surface area (Å²) in [6.07, 6.45) is 0.907. The van der Waals surface area contributed by atoms with E-state index in [1.54, 1.807) is 0 Å². The van der Waals surface area contributed by atoms with Crippen LogP contribution in [0.25, 0.3) is 0 Å². The highest BCUT2D eigenvalue weighted by Gasteiger charge is 2.15. The van der Waals surface area contributed by atoms with Crippen LogP contribution in [-0.4, -0.2) is 27.1 Å². The number of anilines is 1. The summed E-state index contributed by atoms with van der Waals surface area (Å²) >= 11 is 0. The summed E-state index contributed by atoms with van der Waals surface area (Å²) in [6.45, 7) is -0.0476. The Balaban J connectivity index is 2.10. The lowest BCUT2D eigenvalue weighted by Gasteiger charge is -2.11. The van der Waals surface area contributed by atoms with Gasteiger partial charge < -0.3 is 5.32 Å². The average molecular weight is 372 g/mol. The molecule has 0 atom stereocenters. The van der Waals surface area contributed by atoms with Gasteiger partial charge in [-0.3, -0.25) is 9.52 Å². The molecule has 0 fully saturated rings. The lowest BCUT2D eigenvalue weighted by Crippen LogP contribution is -2.27. The topological polar surface area (TPSA) is 75.3 Å². The Hall–Kier alpha value is -2.55. The van der Waals surface area contributed by atoms with E-state index in [0.29, 0.717) is 0 Å². The van der Waals surface area contributed by atoms with Crippen molar-refractivity contribution >= 4 is 21.6 Å². The van der Waals surface area contributed by atoms with Gasteiger partial charge in [0.05, 0.1) is 17.5 Å². The molecule has 2 N–H and O–H groups in total. The molecular weight excluding hydrogens is 357 g/mol. The van der Waals surface area contributed by atoms with Gasteiger partial charge in [0.25, 0.3) is 5.91 Å². The number of benzene rings is 2. The highest BCUT2D eigenvalue weighted by atomic mass is 32.2. The Kier molecular flexibility index (Phi) is 5.68. The van der Waals surface area contributed by atoms with E-state index < -0.39 is 33.4 Å². The fraction of sp³-hybridized carbons (Fsp3) is 0.188. The van der Waals surface area contributed by atoms with E-state index in [0.717, 1.165) is 42.7 Å². The van der Waals surface area contributed by atoms with E-state index in [2.05, 4.69) is 10.0 Å². The molecule has 1 amide bonds. The van der Waals surface area contributed by atoms with Crippen LogP contribution in [0.1, 0.15) is 15.9 Å². The molecule has 0 radical (unpaired) electrons. The third-order valence-corrected chi connectivity index (χ3v) is 3.80. The van der Waals surface area contributed by atoms with E-state index >= 15 is 0 Å². The number of nitrogens with one attached hydrogen (secondary N) is 2. The largest absolute Gasteiger partial charge is 0.352 e. The maximum Gasteiger partial charge on any atom is 0.253 e. The molecule has 0 aliphatic carbocycles. The van der Waals surface area contributed by atoms with Crippen LogP contribution >= 0.6 is 0 Å². The minimum absolute atomic E-state index is 0.0134. The second-order valence-electron chi connectivity index (χ2n) is 5.31. The van der Waals surface area contributed by atoms with Gasteiger partial charge in [0.2, 0.25) is 10.0 Å². The maximum atomic E-state index is 13.5. The summed E-state index contributed by atoms with van der Waals surface area (Å²) in [5.74, 6) is -2.68. The molecule has 0 aliphatic rings. The van der Waals surface area contributed by atoms with Gasteiger partial charge in [-0.15, -0.1) is 0 Å². The van der Waals surface area contributed by atoms with Crippen molar-refractivity contribution in [3.05, 3.63) is 65.0 Å². The van der Waals surface area contributed by atoms with E-state index in [-0.39, 0.29) is 29.8 Å². The third kappa shape index (κ3) is 5.49. The molecule has 9 heteroatoms. The smallest absolute Gasteiger partial charge is 0.253 e. The van der Waals surface area contributed by atoms with Gasteiger partial charge in [0.1, 0.15) is 17.5 Å². The second-order valence-corrected chi connectivity index (χ2v) is 7.05. The summed E-state index contributed by atoms with van der Waals surface area (Å²) in [5.41, 5.74) is -0.225. The molecule has 25 heavy (non-hydrogen) atoms. The van der Waals surface area contributed by atoms with Crippen molar-refractivity contribution < 1.29 is 26.4 Å². The molecule has 134 valence electrons. The van der Waals surface area contributed by atoms with Crippen molar-refractivity contribution in [2.45, 2.75) is 6.42 Å². The van der Waals surface area contributed by atoms with Crippen LogP contribution in [0.4, 0.5) is 18.9 Å². The summed E-state index contributed by atoms with van der Waals surface area (Å²) < 4.78 is 64.7. The van der Waals surface area contributed by atoms with Gasteiger partial charge in [-0.25, -0.2) is 21.6 Å². The number of hydrogen-bond acceptors (Lipinski definition) is 3. The zero-order valence-electron chi connectivity index (χ0n) is 13.1. The molecule has 0 aromatic heterocycles. The Morgan fingerprint density at radius 3 is 2.36 bits per heavy atom. The van der Waals surface area contributed by atoms with Crippen LogP contribution in [0.5, 0.6) is 0 Å². The van der Waals surface area contributed by atoms with Crippen LogP contribution in [0, 0.1) is 17.5 Å². The van der Waals surface area contributed by atoms with Gasteiger partial charge in [-0.1, -0.05) is 0 Å². The first-order chi connectivity index (χ1) is 11.7. The summed E-state index contributed by atoms with van der Waals surface area (Å²) in [4.78, 5) is 12.2. The van der Waals surface area contributed by atoms with Gasteiger partial charge >= 0.3 is 0 Å². The first kappa shape index (κ1) is 18.8. The first-order valence-corrected chi connectivity index (χ1v) is 9.04. The average Bonchev–Trinajstić information content (AvgIpc) is 2.51. The Morgan fingerprint density at radius 2 is 1.68 bits per heavy atom. The SMILES string of the molecule is CS(=O)(=O)Nc1ccc(F)cc1C(=O)NCCc1cc(F)ccc1F. The fourth-order valence-electron chi connectivity index (χ4n) is 2.13. The van der Waals surface area contributed by atoms with E-state index in [1.807, 2.05) is 0 Å². The second kappa shape index (κ2) is 7.56. The number of halogens is 3. The predicted octanol–water partition coefficient (Wildman–Crippen LogP) is 2.45. The van der Waals surface area contributed by atoms with Crippen molar-refractivity contribution in [2.75, 3.05) is 17.5 Å². The van der Waals surface area contributed by atoms with Crippen molar-refractivity contribution in [3.8, 4) is 0 Å². The van der Waals surface area contributed by atoms with Crippen molar-refractivity contribution in [1.29, 1.82) is 0 Å². The minimum atomic E-state index is -3.66. The quantitative estimate of drug-likeness (QED) is 0.818. The van der Waals surface area contributed by atoms with E-state index in [1.165, 1.54) is 0 Å². The summed E-state index contributed by atoms with van der Waals surface area (Å²) in [6, 6.07) is 5.98. The van der Waals surface area contributed by atoms with Gasteiger partial charge in [0, 0.05) is 6.54 Å². The van der Waals surface area contributed by atoms with Crippen molar-refractivity contribution in [2.24, 2.45) is 0 Å². The fourth-order valence-corrected chi connectivity index (χ4v) is 2.71. The number of carbonyl (C=O) groups is 1. The molecule has 2 rings (SSSR count). The summed E-state index contributed by atoms with van der Waals surface area (Å²) in [7, 11) is -3.66. The van der Waals surface area contributed by atoms with Crippen LogP contribution in [0.2, 0.25) is 0 Å². The maximum absolute atomic E-state index is 13.5. The monoisotopic (exact) mass is 372 g/mol. The van der Waals surface area contributed by atoms with Crippen molar-refractivity contribution in [3.63, 3.8) is 0 Å². The number of amides is 1. The van der Waals surface area contributed by atoms with Gasteiger partial charge in [-0.2, -0.15) is 0 Å². The molecule has 2 aromatic rings. The Bertz CT molecular complexity index is 901. The van der Waals surface area contributed by atoms with E-state index in [4.69, 9.17) is 0 Å². The molecule has 0 unspecified atom stereocenters. The van der Waals surface area contributed by atoms with E-state index in [9.17, 15) is 26.4 Å². The van der Waals surface area contributed by atoms with Crippen LogP contribution < -0.4 is 10.0 Å². The highest BCUT2D eigenvalue weighted by Crippen LogP contribution is 2.18. The zero-order valence-corrected chi connectivity index (χ0v) is 14.0. The number of rotatable bonds is 6. The Morgan fingerprint density at radius 1 is 1.04 bits per heavy atom. The molecule has 0 aliphatic heterocycles. The van der Waals surface area contributed by atoms with Crippen LogP contribution in [-0.2, 0) is 16.4 Å². The van der Waals surface area contributed by atoms with Crippen LogP contribution in [0.15, 0.2) is 36.4 Å². The molecule has 0 saturated heterocycles. The standard InChI is InChI=1S/C16H15F3N2O3S/c1-25(23,24)21-15-5-3-12(18)9-13(15)16(22)20-7-6-10-8-11(17)2-4-14(10)19/h2-5,8-9,21H,6-7H2,1H3,(H,20,22). The molecule has 0 heterocycles. The molecule has 5 nitrogen and oxygen atoms in total. The minimum Gasteiger partial charge on any atom is -0.352 e. The summed E-state index contributed by atoms with van der Waals surface area (Å²) in [5, 5.41) is 2.42.